The normalized spacial score (nSPS) is 14.9. The average molecular weight is 307 g/mol. The van der Waals surface area contributed by atoms with Crippen molar-refractivity contribution in [1.29, 1.82) is 0 Å². The maximum atomic E-state index is 13.3. The van der Waals surface area contributed by atoms with E-state index < -0.39 is 17.6 Å². The minimum absolute atomic E-state index is 0.0316. The Morgan fingerprint density at radius 3 is 2.82 bits per heavy atom. The van der Waals surface area contributed by atoms with Gasteiger partial charge in [0.15, 0.2) is 17.3 Å². The van der Waals surface area contributed by atoms with Gasteiger partial charge in [-0.05, 0) is 24.7 Å². The van der Waals surface area contributed by atoms with Crippen molar-refractivity contribution < 1.29 is 18.7 Å². The molecule has 0 bridgehead atoms. The van der Waals surface area contributed by atoms with Crippen molar-refractivity contribution in [2.45, 2.75) is 19.5 Å². The van der Waals surface area contributed by atoms with E-state index in [0.29, 0.717) is 24.1 Å². The second kappa shape index (κ2) is 5.49. The number of fused-ring (bicyclic) bond motifs is 1. The van der Waals surface area contributed by atoms with Crippen LogP contribution in [0.15, 0.2) is 18.2 Å². The number of likely N-dealkylation sites (N-methyl/N-ethyl adjacent to an activating group) is 1. The number of halogens is 2. The summed E-state index contributed by atoms with van der Waals surface area (Å²) in [4.78, 5) is 13.4. The minimum atomic E-state index is -1.07. The number of nitrogens with zero attached hydrogens (tertiary/aromatic N) is 3. The van der Waals surface area contributed by atoms with Crippen LogP contribution in [0.2, 0.25) is 0 Å². The van der Waals surface area contributed by atoms with Crippen molar-refractivity contribution in [1.82, 2.24) is 14.7 Å². The largest absolute Gasteiger partial charge is 0.476 e. The molecule has 0 amide bonds. The SMILES string of the molecule is CN1CCc2c(c(C(=O)O)nn2Cc2ccc(F)c(F)c2)C1. The fourth-order valence-corrected chi connectivity index (χ4v) is 2.74. The summed E-state index contributed by atoms with van der Waals surface area (Å²) in [6.07, 6.45) is 0.676. The molecular weight excluding hydrogens is 292 g/mol. The van der Waals surface area contributed by atoms with Crippen molar-refractivity contribution in [3.8, 4) is 0 Å². The number of hydrogen-bond acceptors (Lipinski definition) is 3. The smallest absolute Gasteiger partial charge is 0.356 e. The molecule has 0 saturated heterocycles. The number of aromatic nitrogens is 2. The van der Waals surface area contributed by atoms with Gasteiger partial charge in [-0.1, -0.05) is 6.07 Å². The molecule has 116 valence electrons. The molecule has 0 aliphatic carbocycles. The average Bonchev–Trinajstić information content (AvgIpc) is 2.81. The Hall–Kier alpha value is -2.28. The molecule has 1 aromatic heterocycles. The molecule has 2 aromatic rings. The van der Waals surface area contributed by atoms with Crippen LogP contribution >= 0.6 is 0 Å². The van der Waals surface area contributed by atoms with E-state index in [4.69, 9.17) is 0 Å². The number of carboxylic acid groups (broad SMARTS) is 1. The quantitative estimate of drug-likeness (QED) is 0.941. The number of benzene rings is 1. The van der Waals surface area contributed by atoms with Crippen LogP contribution < -0.4 is 0 Å². The predicted octanol–water partition coefficient (Wildman–Crippen LogP) is 1.90. The van der Waals surface area contributed by atoms with Gasteiger partial charge >= 0.3 is 5.97 Å². The van der Waals surface area contributed by atoms with Gasteiger partial charge < -0.3 is 10.0 Å². The van der Waals surface area contributed by atoms with Crippen molar-refractivity contribution in [3.63, 3.8) is 0 Å². The topological polar surface area (TPSA) is 58.4 Å². The molecule has 0 saturated carbocycles. The number of rotatable bonds is 3. The molecule has 1 aliphatic heterocycles. The van der Waals surface area contributed by atoms with Gasteiger partial charge in [-0.15, -0.1) is 0 Å². The third kappa shape index (κ3) is 2.59. The van der Waals surface area contributed by atoms with Gasteiger partial charge in [0.1, 0.15) is 0 Å². The lowest BCUT2D eigenvalue weighted by atomic mass is 10.1. The Morgan fingerprint density at radius 2 is 2.14 bits per heavy atom. The van der Waals surface area contributed by atoms with Crippen LogP contribution in [0.4, 0.5) is 8.78 Å². The molecule has 22 heavy (non-hydrogen) atoms. The van der Waals surface area contributed by atoms with E-state index in [1.165, 1.54) is 6.07 Å². The van der Waals surface area contributed by atoms with Crippen LogP contribution in [0.25, 0.3) is 0 Å². The molecular formula is C15H15F2N3O2. The highest BCUT2D eigenvalue weighted by Crippen LogP contribution is 2.23. The van der Waals surface area contributed by atoms with Crippen LogP contribution in [0.1, 0.15) is 27.3 Å². The molecule has 3 rings (SSSR count). The Bertz CT molecular complexity index is 743. The van der Waals surface area contributed by atoms with Gasteiger partial charge in [-0.25, -0.2) is 13.6 Å². The van der Waals surface area contributed by atoms with E-state index in [9.17, 15) is 18.7 Å². The van der Waals surface area contributed by atoms with Crippen molar-refractivity contribution in [2.75, 3.05) is 13.6 Å². The Labute approximate surface area is 125 Å². The van der Waals surface area contributed by atoms with Gasteiger partial charge in [0.25, 0.3) is 0 Å². The zero-order valence-corrected chi connectivity index (χ0v) is 12.0. The summed E-state index contributed by atoms with van der Waals surface area (Å²) in [6, 6.07) is 3.65. The lowest BCUT2D eigenvalue weighted by Crippen LogP contribution is -2.28. The third-order valence-corrected chi connectivity index (χ3v) is 3.84. The molecule has 0 atom stereocenters. The third-order valence-electron chi connectivity index (χ3n) is 3.84. The molecule has 0 fully saturated rings. The van der Waals surface area contributed by atoms with Crippen molar-refractivity contribution >= 4 is 5.97 Å². The first-order valence-electron chi connectivity index (χ1n) is 6.90. The number of carbonyl (C=O) groups is 1. The van der Waals surface area contributed by atoms with Crippen LogP contribution in [-0.2, 0) is 19.5 Å². The highest BCUT2D eigenvalue weighted by Gasteiger charge is 2.26. The minimum Gasteiger partial charge on any atom is -0.476 e. The first kappa shape index (κ1) is 14.6. The monoisotopic (exact) mass is 307 g/mol. The summed E-state index contributed by atoms with van der Waals surface area (Å²) in [6.45, 7) is 1.54. The Kier molecular flexibility index (Phi) is 3.66. The number of hydrogen-bond donors (Lipinski definition) is 1. The van der Waals surface area contributed by atoms with Gasteiger partial charge in [0, 0.05) is 30.8 Å². The first-order chi connectivity index (χ1) is 10.5. The molecule has 1 aliphatic rings. The molecule has 0 unspecified atom stereocenters. The predicted molar refractivity (Wildman–Crippen MR) is 74.7 cm³/mol. The van der Waals surface area contributed by atoms with Crippen LogP contribution in [0.3, 0.4) is 0 Å². The lowest BCUT2D eigenvalue weighted by Gasteiger charge is -2.23. The first-order valence-corrected chi connectivity index (χ1v) is 6.90. The summed E-state index contributed by atoms with van der Waals surface area (Å²) in [7, 11) is 1.92. The van der Waals surface area contributed by atoms with Crippen LogP contribution in [0, 0.1) is 11.6 Å². The van der Waals surface area contributed by atoms with E-state index in [0.717, 1.165) is 24.4 Å². The molecule has 1 aromatic carbocycles. The Morgan fingerprint density at radius 1 is 1.36 bits per heavy atom. The summed E-state index contributed by atoms with van der Waals surface area (Å²) in [5.74, 6) is -2.90. The zero-order valence-electron chi connectivity index (χ0n) is 12.0. The van der Waals surface area contributed by atoms with Gasteiger partial charge in [0.2, 0.25) is 0 Å². The zero-order chi connectivity index (χ0) is 15.9. The van der Waals surface area contributed by atoms with Gasteiger partial charge in [-0.3, -0.25) is 4.68 Å². The summed E-state index contributed by atoms with van der Waals surface area (Å²) in [5.41, 5.74) is 2.12. The fraction of sp³-hybridized carbons (Fsp3) is 0.333. The Balaban J connectivity index is 1.98. The second-order valence-electron chi connectivity index (χ2n) is 5.47. The van der Waals surface area contributed by atoms with E-state index in [2.05, 4.69) is 5.10 Å². The van der Waals surface area contributed by atoms with E-state index in [-0.39, 0.29) is 12.2 Å². The summed E-state index contributed by atoms with van der Waals surface area (Å²) < 4.78 is 27.9. The summed E-state index contributed by atoms with van der Waals surface area (Å²) >= 11 is 0. The second-order valence-corrected chi connectivity index (χ2v) is 5.47. The molecule has 0 radical (unpaired) electrons. The fourth-order valence-electron chi connectivity index (χ4n) is 2.74. The van der Waals surface area contributed by atoms with Crippen LogP contribution in [0.5, 0.6) is 0 Å². The lowest BCUT2D eigenvalue weighted by molar-refractivity contribution is 0.0687. The molecule has 7 heteroatoms. The molecule has 0 spiro atoms. The van der Waals surface area contributed by atoms with E-state index >= 15 is 0 Å². The number of aromatic carboxylic acids is 1. The van der Waals surface area contributed by atoms with Crippen LogP contribution in [-0.4, -0.2) is 39.3 Å². The molecule has 5 nitrogen and oxygen atoms in total. The van der Waals surface area contributed by atoms with E-state index in [1.807, 2.05) is 11.9 Å². The number of carboxylic acids is 1. The van der Waals surface area contributed by atoms with E-state index in [1.54, 1.807) is 4.68 Å². The van der Waals surface area contributed by atoms with Crippen molar-refractivity contribution in [2.24, 2.45) is 0 Å². The maximum absolute atomic E-state index is 13.3. The standard InChI is InChI=1S/C15H15F2N3O2/c1-19-5-4-13-10(8-19)14(15(21)22)18-20(13)7-9-2-3-11(16)12(17)6-9/h2-3,6H,4-5,7-8H2,1H3,(H,21,22). The maximum Gasteiger partial charge on any atom is 0.356 e. The van der Waals surface area contributed by atoms with Gasteiger partial charge in [0.05, 0.1) is 6.54 Å². The highest BCUT2D eigenvalue weighted by atomic mass is 19.2. The van der Waals surface area contributed by atoms with Crippen molar-refractivity contribution in [3.05, 3.63) is 52.3 Å². The molecule has 2 heterocycles. The molecule has 1 N–H and O–H groups in total. The highest BCUT2D eigenvalue weighted by molar-refractivity contribution is 5.87. The summed E-state index contributed by atoms with van der Waals surface area (Å²) in [5, 5.41) is 13.4. The van der Waals surface area contributed by atoms with Gasteiger partial charge in [-0.2, -0.15) is 5.10 Å².